The van der Waals surface area contributed by atoms with E-state index < -0.39 is 42.2 Å². The van der Waals surface area contributed by atoms with Crippen LogP contribution in [0.3, 0.4) is 0 Å². The molecule has 0 spiro atoms. The molecule has 39 heavy (non-hydrogen) atoms. The van der Waals surface area contributed by atoms with Crippen LogP contribution in [0.4, 0.5) is 10.1 Å². The Kier molecular flexibility index (Phi) is 8.62. The molecular weight excluding hydrogens is 523 g/mol. The van der Waals surface area contributed by atoms with Gasteiger partial charge in [0.05, 0.1) is 10.2 Å². The molecular formula is C28H25FN4O5S. The van der Waals surface area contributed by atoms with Gasteiger partial charge in [0.1, 0.15) is 16.9 Å². The van der Waals surface area contributed by atoms with Gasteiger partial charge in [0, 0.05) is 23.2 Å². The van der Waals surface area contributed by atoms with Crippen molar-refractivity contribution in [3.63, 3.8) is 0 Å². The highest BCUT2D eigenvalue weighted by Crippen LogP contribution is 2.31. The summed E-state index contributed by atoms with van der Waals surface area (Å²) < 4.78 is 19.3. The fourth-order valence-electron chi connectivity index (χ4n) is 3.66. The number of halogens is 1. The Labute approximate surface area is 227 Å². The van der Waals surface area contributed by atoms with Crippen molar-refractivity contribution in [2.45, 2.75) is 25.8 Å². The van der Waals surface area contributed by atoms with E-state index >= 15 is 0 Å². The van der Waals surface area contributed by atoms with Gasteiger partial charge >= 0.3 is 5.97 Å². The van der Waals surface area contributed by atoms with Crippen molar-refractivity contribution in [1.82, 2.24) is 10.3 Å². The number of fused-ring (bicyclic) bond motifs is 1. The third-order valence-corrected chi connectivity index (χ3v) is 6.75. The number of amides is 3. The lowest BCUT2D eigenvalue weighted by Gasteiger charge is -2.17. The molecule has 1 heterocycles. The van der Waals surface area contributed by atoms with E-state index in [0.717, 1.165) is 38.5 Å². The fraction of sp³-hybridized carbons (Fsp3) is 0.179. The first kappa shape index (κ1) is 27.4. The van der Waals surface area contributed by atoms with Crippen LogP contribution in [0.15, 0.2) is 66.7 Å². The Morgan fingerprint density at radius 1 is 1.03 bits per heavy atom. The summed E-state index contributed by atoms with van der Waals surface area (Å²) in [6.45, 7) is 1.41. The van der Waals surface area contributed by atoms with Gasteiger partial charge in [-0.15, -0.1) is 11.3 Å². The summed E-state index contributed by atoms with van der Waals surface area (Å²) in [5, 5.41) is 5.93. The fourth-order valence-corrected chi connectivity index (χ4v) is 4.73. The lowest BCUT2D eigenvalue weighted by atomic mass is 10.1. The van der Waals surface area contributed by atoms with Crippen LogP contribution < -0.4 is 16.4 Å². The molecule has 9 nitrogen and oxygen atoms in total. The summed E-state index contributed by atoms with van der Waals surface area (Å²) in [7, 11) is 0. The molecule has 3 aromatic carbocycles. The number of primary amides is 1. The molecule has 4 rings (SSSR count). The number of carbonyl (C=O) groups excluding carboxylic acids is 4. The van der Waals surface area contributed by atoms with Gasteiger partial charge in [-0.3, -0.25) is 14.4 Å². The summed E-state index contributed by atoms with van der Waals surface area (Å²) in [6, 6.07) is 16.6. The highest BCUT2D eigenvalue weighted by molar-refractivity contribution is 7.21. The van der Waals surface area contributed by atoms with Crippen LogP contribution >= 0.6 is 11.3 Å². The first-order valence-electron chi connectivity index (χ1n) is 12.0. The molecule has 1 unspecified atom stereocenters. The van der Waals surface area contributed by atoms with Gasteiger partial charge in [-0.25, -0.2) is 14.2 Å². The molecule has 3 amide bonds. The molecule has 0 aliphatic heterocycles. The van der Waals surface area contributed by atoms with E-state index in [9.17, 15) is 23.6 Å². The topological polar surface area (TPSA) is 140 Å². The van der Waals surface area contributed by atoms with Crippen molar-refractivity contribution in [1.29, 1.82) is 0 Å². The molecule has 0 aliphatic carbocycles. The van der Waals surface area contributed by atoms with E-state index in [1.54, 1.807) is 23.5 Å². The van der Waals surface area contributed by atoms with E-state index in [1.807, 2.05) is 31.2 Å². The van der Waals surface area contributed by atoms with Crippen molar-refractivity contribution in [2.24, 2.45) is 5.73 Å². The van der Waals surface area contributed by atoms with Gasteiger partial charge in [-0.2, -0.15) is 0 Å². The zero-order valence-electron chi connectivity index (χ0n) is 20.9. The van der Waals surface area contributed by atoms with Gasteiger partial charge in [-0.05, 0) is 79.6 Å². The van der Waals surface area contributed by atoms with Gasteiger partial charge in [0.25, 0.3) is 11.8 Å². The van der Waals surface area contributed by atoms with Crippen molar-refractivity contribution in [2.75, 3.05) is 11.9 Å². The normalized spacial score (nSPS) is 11.5. The molecule has 0 fully saturated rings. The van der Waals surface area contributed by atoms with Crippen LogP contribution in [-0.2, 0) is 19.1 Å². The van der Waals surface area contributed by atoms with Crippen LogP contribution in [0.2, 0.25) is 0 Å². The Bertz CT molecular complexity index is 1520. The lowest BCUT2D eigenvalue weighted by molar-refractivity contribution is -0.149. The number of rotatable bonds is 10. The second-order valence-electron chi connectivity index (χ2n) is 8.76. The molecule has 4 aromatic rings. The number of hydrogen-bond acceptors (Lipinski definition) is 7. The summed E-state index contributed by atoms with van der Waals surface area (Å²) in [6.07, 6.45) is -0.328. The van der Waals surface area contributed by atoms with E-state index in [1.165, 1.54) is 12.1 Å². The standard InChI is InChI=1S/C28H25FN4O5S/c1-16-2-11-21-23(14-16)39-27(33-21)18-5-9-20(10-6-18)31-25(35)15-38-28(37)22(12-13-24(30)34)32-26(36)17-3-7-19(29)8-4-17/h2-11,14,22H,12-13,15H2,1H3,(H2,30,34)(H,31,35)(H,32,36). The highest BCUT2D eigenvalue weighted by atomic mass is 32.1. The molecule has 11 heteroatoms. The number of nitrogens with zero attached hydrogens (tertiary/aromatic N) is 1. The number of nitrogens with one attached hydrogen (secondary N) is 2. The van der Waals surface area contributed by atoms with E-state index in [0.29, 0.717) is 5.69 Å². The smallest absolute Gasteiger partial charge is 0.329 e. The van der Waals surface area contributed by atoms with Crippen LogP contribution in [0.1, 0.15) is 28.8 Å². The van der Waals surface area contributed by atoms with Crippen molar-refractivity contribution >= 4 is 50.9 Å². The number of carbonyl (C=O) groups is 4. The molecule has 0 saturated carbocycles. The van der Waals surface area contributed by atoms with Gasteiger partial charge in [0.2, 0.25) is 5.91 Å². The van der Waals surface area contributed by atoms with Crippen LogP contribution in [-0.4, -0.2) is 41.3 Å². The number of aryl methyl sites for hydroxylation is 1. The molecule has 0 bridgehead atoms. The molecule has 1 aromatic heterocycles. The predicted octanol–water partition coefficient (Wildman–Crippen LogP) is 3.96. The zero-order chi connectivity index (χ0) is 27.9. The first-order valence-corrected chi connectivity index (χ1v) is 12.8. The second kappa shape index (κ2) is 12.3. The third-order valence-electron chi connectivity index (χ3n) is 5.68. The third kappa shape index (κ3) is 7.45. The average Bonchev–Trinajstić information content (AvgIpc) is 3.33. The minimum atomic E-state index is -1.24. The van der Waals surface area contributed by atoms with E-state index in [-0.39, 0.29) is 18.4 Å². The van der Waals surface area contributed by atoms with Crippen LogP contribution in [0.5, 0.6) is 0 Å². The van der Waals surface area contributed by atoms with Gasteiger partial charge in [0.15, 0.2) is 6.61 Å². The van der Waals surface area contributed by atoms with Crippen molar-refractivity contribution in [3.8, 4) is 10.6 Å². The molecule has 4 N–H and O–H groups in total. The SMILES string of the molecule is Cc1ccc2nc(-c3ccc(NC(=O)COC(=O)C(CCC(N)=O)NC(=O)c4ccc(F)cc4)cc3)sc2c1. The number of nitrogens with two attached hydrogens (primary N) is 1. The minimum absolute atomic E-state index is 0.107. The maximum absolute atomic E-state index is 13.1. The highest BCUT2D eigenvalue weighted by Gasteiger charge is 2.24. The quantitative estimate of drug-likeness (QED) is 0.256. The Morgan fingerprint density at radius 2 is 1.74 bits per heavy atom. The van der Waals surface area contributed by atoms with Gasteiger partial charge < -0.3 is 21.1 Å². The van der Waals surface area contributed by atoms with Crippen LogP contribution in [0, 0.1) is 12.7 Å². The largest absolute Gasteiger partial charge is 0.454 e. The number of aromatic nitrogens is 1. The molecule has 0 radical (unpaired) electrons. The monoisotopic (exact) mass is 548 g/mol. The maximum atomic E-state index is 13.1. The van der Waals surface area contributed by atoms with E-state index in [4.69, 9.17) is 10.5 Å². The number of anilines is 1. The number of hydrogen-bond donors (Lipinski definition) is 3. The summed E-state index contributed by atoms with van der Waals surface area (Å²) in [4.78, 5) is 53.3. The molecule has 0 saturated heterocycles. The molecule has 0 aliphatic rings. The Balaban J connectivity index is 1.33. The van der Waals surface area contributed by atoms with Crippen molar-refractivity contribution < 1.29 is 28.3 Å². The lowest BCUT2D eigenvalue weighted by Crippen LogP contribution is -2.43. The Morgan fingerprint density at radius 3 is 2.44 bits per heavy atom. The molecule has 1 atom stereocenters. The minimum Gasteiger partial charge on any atom is -0.454 e. The second-order valence-corrected chi connectivity index (χ2v) is 9.79. The van der Waals surface area contributed by atoms with Gasteiger partial charge in [-0.1, -0.05) is 6.07 Å². The number of thiazole rings is 1. The number of ether oxygens (including phenoxy) is 1. The predicted molar refractivity (Wildman–Crippen MR) is 145 cm³/mol. The summed E-state index contributed by atoms with van der Waals surface area (Å²) >= 11 is 1.58. The molecule has 200 valence electrons. The maximum Gasteiger partial charge on any atom is 0.329 e. The number of esters is 1. The van der Waals surface area contributed by atoms with Crippen molar-refractivity contribution in [3.05, 3.63) is 83.7 Å². The summed E-state index contributed by atoms with van der Waals surface area (Å²) in [5.41, 5.74) is 8.74. The van der Waals surface area contributed by atoms with E-state index in [2.05, 4.69) is 21.7 Å². The van der Waals surface area contributed by atoms with Crippen LogP contribution in [0.25, 0.3) is 20.8 Å². The summed E-state index contributed by atoms with van der Waals surface area (Å²) in [5.74, 6) is -3.38. The Hall–Kier alpha value is -4.64. The zero-order valence-corrected chi connectivity index (χ0v) is 21.7. The first-order chi connectivity index (χ1) is 18.7. The number of benzene rings is 3. The average molecular weight is 549 g/mol.